The normalized spacial score (nSPS) is 11.4. The number of aromatic nitrogens is 3. The fraction of sp³-hybridized carbons (Fsp3) is 0.429. The highest BCUT2D eigenvalue weighted by atomic mass is 19.2. The number of benzene rings is 1. The molecule has 0 unspecified atom stereocenters. The Kier molecular flexibility index (Phi) is 5.51. The maximum absolute atomic E-state index is 13.7. The summed E-state index contributed by atoms with van der Waals surface area (Å²) in [6, 6.07) is 1.69. The van der Waals surface area contributed by atoms with E-state index in [1.165, 1.54) is 0 Å². The molecule has 2 aromatic rings. The summed E-state index contributed by atoms with van der Waals surface area (Å²) in [6.07, 6.45) is 1.56. The molecule has 0 aliphatic rings. The number of halogens is 3. The predicted molar refractivity (Wildman–Crippen MR) is 73.4 cm³/mol. The van der Waals surface area contributed by atoms with E-state index in [0.29, 0.717) is 25.5 Å². The van der Waals surface area contributed by atoms with Gasteiger partial charge in [-0.15, -0.1) is 10.2 Å². The molecule has 1 aromatic heterocycles. The van der Waals surface area contributed by atoms with Crippen LogP contribution in [0.4, 0.5) is 13.2 Å². The van der Waals surface area contributed by atoms with Gasteiger partial charge in [-0.1, -0.05) is 0 Å². The summed E-state index contributed by atoms with van der Waals surface area (Å²) in [6.45, 7) is 1.32. The van der Waals surface area contributed by atoms with Crippen LogP contribution in [0.1, 0.15) is 11.4 Å². The minimum absolute atomic E-state index is 0.0768. The molecule has 5 nitrogen and oxygen atoms in total. The van der Waals surface area contributed by atoms with Gasteiger partial charge in [-0.2, -0.15) is 0 Å². The molecule has 1 heterocycles. The van der Waals surface area contributed by atoms with E-state index in [2.05, 4.69) is 10.2 Å². The SMILES string of the molecule is COCCn1cnnc1CN(C)Cc1c(F)ccc(F)c1F. The third-order valence-electron chi connectivity index (χ3n) is 3.21. The van der Waals surface area contributed by atoms with Gasteiger partial charge >= 0.3 is 0 Å². The average Bonchev–Trinajstić information content (AvgIpc) is 2.92. The molecule has 0 amide bonds. The van der Waals surface area contributed by atoms with Crippen molar-refractivity contribution in [3.8, 4) is 0 Å². The molecule has 0 N–H and O–H groups in total. The van der Waals surface area contributed by atoms with Crippen molar-refractivity contribution >= 4 is 0 Å². The lowest BCUT2D eigenvalue weighted by Crippen LogP contribution is -2.22. The van der Waals surface area contributed by atoms with Gasteiger partial charge in [0.15, 0.2) is 11.6 Å². The van der Waals surface area contributed by atoms with Gasteiger partial charge in [0.25, 0.3) is 0 Å². The zero-order valence-electron chi connectivity index (χ0n) is 12.4. The molecule has 0 atom stereocenters. The summed E-state index contributed by atoms with van der Waals surface area (Å²) in [5.41, 5.74) is -0.301. The monoisotopic (exact) mass is 314 g/mol. The molecule has 0 saturated heterocycles. The minimum Gasteiger partial charge on any atom is -0.383 e. The molecule has 22 heavy (non-hydrogen) atoms. The maximum Gasteiger partial charge on any atom is 0.166 e. The van der Waals surface area contributed by atoms with Crippen LogP contribution < -0.4 is 0 Å². The Morgan fingerprint density at radius 1 is 1.18 bits per heavy atom. The summed E-state index contributed by atoms with van der Waals surface area (Å²) >= 11 is 0. The second-order valence-electron chi connectivity index (χ2n) is 4.93. The van der Waals surface area contributed by atoms with E-state index in [4.69, 9.17) is 4.74 Å². The molecule has 8 heteroatoms. The largest absolute Gasteiger partial charge is 0.383 e. The van der Waals surface area contributed by atoms with Gasteiger partial charge in [0.2, 0.25) is 0 Å². The first kappa shape index (κ1) is 16.4. The van der Waals surface area contributed by atoms with Crippen molar-refractivity contribution in [2.75, 3.05) is 20.8 Å². The molecule has 1 aromatic carbocycles. The summed E-state index contributed by atoms with van der Waals surface area (Å²) in [4.78, 5) is 1.63. The van der Waals surface area contributed by atoms with E-state index >= 15 is 0 Å². The van der Waals surface area contributed by atoms with Crippen LogP contribution in [0.25, 0.3) is 0 Å². The van der Waals surface area contributed by atoms with Crippen molar-refractivity contribution < 1.29 is 17.9 Å². The van der Waals surface area contributed by atoms with Crippen LogP contribution in [0.2, 0.25) is 0 Å². The quantitative estimate of drug-likeness (QED) is 0.733. The second-order valence-corrected chi connectivity index (χ2v) is 4.93. The second kappa shape index (κ2) is 7.37. The lowest BCUT2D eigenvalue weighted by Gasteiger charge is -2.17. The zero-order chi connectivity index (χ0) is 16.1. The van der Waals surface area contributed by atoms with Gasteiger partial charge in [-0.3, -0.25) is 4.90 Å². The molecule has 0 bridgehead atoms. The van der Waals surface area contributed by atoms with Gasteiger partial charge in [0.1, 0.15) is 18.0 Å². The van der Waals surface area contributed by atoms with Crippen molar-refractivity contribution in [1.82, 2.24) is 19.7 Å². The van der Waals surface area contributed by atoms with E-state index in [9.17, 15) is 13.2 Å². The van der Waals surface area contributed by atoms with E-state index in [1.54, 1.807) is 30.0 Å². The molecular formula is C14H17F3N4O. The fourth-order valence-corrected chi connectivity index (χ4v) is 2.06. The highest BCUT2D eigenvalue weighted by Crippen LogP contribution is 2.18. The van der Waals surface area contributed by atoms with Crippen LogP contribution in [0, 0.1) is 17.5 Å². The van der Waals surface area contributed by atoms with E-state index in [1.807, 2.05) is 0 Å². The molecule has 2 rings (SSSR count). The number of methoxy groups -OCH3 is 1. The Labute approximate surface area is 126 Å². The number of rotatable bonds is 7. The van der Waals surface area contributed by atoms with E-state index in [0.717, 1.165) is 12.1 Å². The molecular weight excluding hydrogens is 297 g/mol. The van der Waals surface area contributed by atoms with Gasteiger partial charge in [-0.05, 0) is 19.2 Å². The third-order valence-corrected chi connectivity index (χ3v) is 3.21. The number of nitrogens with zero attached hydrogens (tertiary/aromatic N) is 4. The molecule has 0 aliphatic carbocycles. The first-order valence-electron chi connectivity index (χ1n) is 6.69. The van der Waals surface area contributed by atoms with Crippen LogP contribution in [0.5, 0.6) is 0 Å². The minimum atomic E-state index is -1.16. The Bertz CT molecular complexity index is 633. The lowest BCUT2D eigenvalue weighted by molar-refractivity contribution is 0.184. The Morgan fingerprint density at radius 2 is 1.91 bits per heavy atom. The zero-order valence-corrected chi connectivity index (χ0v) is 12.4. The first-order chi connectivity index (χ1) is 10.5. The van der Waals surface area contributed by atoms with E-state index in [-0.39, 0.29) is 12.1 Å². The summed E-state index contributed by atoms with van der Waals surface area (Å²) in [7, 11) is 3.25. The summed E-state index contributed by atoms with van der Waals surface area (Å²) < 4.78 is 47.3. The average molecular weight is 314 g/mol. The van der Waals surface area contributed by atoms with Gasteiger partial charge in [0, 0.05) is 25.8 Å². The number of hydrogen-bond acceptors (Lipinski definition) is 4. The predicted octanol–water partition coefficient (Wildman–Crippen LogP) is 1.97. The maximum atomic E-state index is 13.7. The Balaban J connectivity index is 2.06. The van der Waals surface area contributed by atoms with Gasteiger partial charge in [-0.25, -0.2) is 13.2 Å². The van der Waals surface area contributed by atoms with Crippen molar-refractivity contribution in [1.29, 1.82) is 0 Å². The number of ether oxygens (including phenoxy) is 1. The standard InChI is InChI=1S/C14H17F3N4O/c1-20(7-10-11(15)3-4-12(16)14(10)17)8-13-19-18-9-21(13)5-6-22-2/h3-4,9H,5-8H2,1-2H3. The molecule has 0 fully saturated rings. The molecule has 0 spiro atoms. The fourth-order valence-electron chi connectivity index (χ4n) is 2.06. The molecule has 0 radical (unpaired) electrons. The highest BCUT2D eigenvalue weighted by Gasteiger charge is 2.16. The molecule has 120 valence electrons. The van der Waals surface area contributed by atoms with Crippen LogP contribution in [-0.2, 0) is 24.4 Å². The van der Waals surface area contributed by atoms with Crippen molar-refractivity contribution in [3.05, 3.63) is 47.3 Å². The smallest absolute Gasteiger partial charge is 0.166 e. The van der Waals surface area contributed by atoms with Gasteiger partial charge < -0.3 is 9.30 Å². The van der Waals surface area contributed by atoms with Crippen LogP contribution in [-0.4, -0.2) is 40.4 Å². The van der Waals surface area contributed by atoms with Crippen LogP contribution in [0.15, 0.2) is 18.5 Å². The van der Waals surface area contributed by atoms with Crippen molar-refractivity contribution in [2.45, 2.75) is 19.6 Å². The topological polar surface area (TPSA) is 43.2 Å². The van der Waals surface area contributed by atoms with Crippen molar-refractivity contribution in [2.24, 2.45) is 0 Å². The third kappa shape index (κ3) is 3.83. The Hall–Kier alpha value is -1.93. The summed E-state index contributed by atoms with van der Waals surface area (Å²) in [5.74, 6) is -2.36. The number of hydrogen-bond donors (Lipinski definition) is 0. The van der Waals surface area contributed by atoms with Crippen LogP contribution in [0.3, 0.4) is 0 Å². The van der Waals surface area contributed by atoms with E-state index < -0.39 is 17.5 Å². The van der Waals surface area contributed by atoms with Gasteiger partial charge in [0.05, 0.1) is 13.2 Å². The van der Waals surface area contributed by atoms with Crippen molar-refractivity contribution in [3.63, 3.8) is 0 Å². The summed E-state index contributed by atoms with van der Waals surface area (Å²) in [5, 5.41) is 7.77. The lowest BCUT2D eigenvalue weighted by atomic mass is 10.2. The Morgan fingerprint density at radius 3 is 2.64 bits per heavy atom. The van der Waals surface area contributed by atoms with Crippen LogP contribution >= 0.6 is 0 Å². The highest BCUT2D eigenvalue weighted by molar-refractivity contribution is 5.21. The molecule has 0 saturated carbocycles. The first-order valence-corrected chi connectivity index (χ1v) is 6.69. The molecule has 0 aliphatic heterocycles.